The first-order valence-electron chi connectivity index (χ1n) is 10.3. The number of amides is 1. The molecular formula is C21H30FN3O4. The predicted molar refractivity (Wildman–Crippen MR) is 106 cm³/mol. The zero-order chi connectivity index (χ0) is 20.4. The van der Waals surface area contributed by atoms with Crippen LogP contribution in [-0.2, 0) is 14.3 Å². The Morgan fingerprint density at radius 3 is 2.66 bits per heavy atom. The fourth-order valence-electron chi connectivity index (χ4n) is 4.76. The van der Waals surface area contributed by atoms with E-state index in [0.717, 1.165) is 25.3 Å². The Balaban J connectivity index is 1.33. The van der Waals surface area contributed by atoms with Crippen LogP contribution in [0, 0.1) is 5.82 Å². The first kappa shape index (κ1) is 20.5. The van der Waals surface area contributed by atoms with Gasteiger partial charge < -0.3 is 24.4 Å². The van der Waals surface area contributed by atoms with Crippen molar-refractivity contribution in [2.45, 2.75) is 30.6 Å². The van der Waals surface area contributed by atoms with Gasteiger partial charge in [-0.05, 0) is 37.1 Å². The molecule has 29 heavy (non-hydrogen) atoms. The van der Waals surface area contributed by atoms with Crippen molar-refractivity contribution in [2.24, 2.45) is 0 Å². The van der Waals surface area contributed by atoms with Crippen molar-refractivity contribution in [1.29, 1.82) is 0 Å². The lowest BCUT2D eigenvalue weighted by Crippen LogP contribution is -2.55. The van der Waals surface area contributed by atoms with Gasteiger partial charge in [-0.25, -0.2) is 4.39 Å². The van der Waals surface area contributed by atoms with Crippen LogP contribution in [0.1, 0.15) is 12.8 Å². The van der Waals surface area contributed by atoms with E-state index in [9.17, 15) is 14.3 Å². The molecular weight excluding hydrogens is 377 g/mol. The first-order valence-corrected chi connectivity index (χ1v) is 10.3. The summed E-state index contributed by atoms with van der Waals surface area (Å²) in [6, 6.07) is 6.54. The van der Waals surface area contributed by atoms with Crippen molar-refractivity contribution in [3.8, 4) is 0 Å². The maximum absolute atomic E-state index is 13.1. The lowest BCUT2D eigenvalue weighted by molar-refractivity contribution is -0.153. The molecule has 7 nitrogen and oxygen atoms in total. The van der Waals surface area contributed by atoms with Crippen LogP contribution >= 0.6 is 0 Å². The number of piperidine rings is 1. The minimum absolute atomic E-state index is 0.00698. The van der Waals surface area contributed by atoms with Gasteiger partial charge in [-0.2, -0.15) is 0 Å². The summed E-state index contributed by atoms with van der Waals surface area (Å²) >= 11 is 0. The molecule has 3 fully saturated rings. The number of rotatable bonds is 6. The number of fused-ring (bicyclic) bond motifs is 1. The Kier molecular flexibility index (Phi) is 6.06. The Labute approximate surface area is 171 Å². The topological polar surface area (TPSA) is 65.5 Å². The number of carbonyl (C=O) groups is 1. The summed E-state index contributed by atoms with van der Waals surface area (Å²) < 4.78 is 24.1. The highest BCUT2D eigenvalue weighted by Crippen LogP contribution is 2.30. The summed E-state index contributed by atoms with van der Waals surface area (Å²) in [5.41, 5.74) is 0.229. The van der Waals surface area contributed by atoms with Gasteiger partial charge in [0, 0.05) is 52.1 Å². The van der Waals surface area contributed by atoms with Crippen molar-refractivity contribution in [3.63, 3.8) is 0 Å². The van der Waals surface area contributed by atoms with Crippen molar-refractivity contribution >= 4 is 11.6 Å². The summed E-state index contributed by atoms with van der Waals surface area (Å²) in [4.78, 5) is 18.5. The summed E-state index contributed by atoms with van der Waals surface area (Å²) in [6.07, 6.45) is 1.31. The lowest BCUT2D eigenvalue weighted by Gasteiger charge is -2.41. The van der Waals surface area contributed by atoms with E-state index in [1.807, 2.05) is 4.90 Å². The second-order valence-corrected chi connectivity index (χ2v) is 8.38. The maximum Gasteiger partial charge on any atom is 0.249 e. The Morgan fingerprint density at radius 1 is 1.24 bits per heavy atom. The molecule has 2 atom stereocenters. The maximum atomic E-state index is 13.1. The van der Waals surface area contributed by atoms with Crippen LogP contribution in [0.2, 0.25) is 0 Å². The molecule has 3 aliphatic rings. The second-order valence-electron chi connectivity index (χ2n) is 8.38. The second kappa shape index (κ2) is 8.55. The summed E-state index contributed by atoms with van der Waals surface area (Å²) in [7, 11) is 1.64. The van der Waals surface area contributed by atoms with Gasteiger partial charge in [-0.1, -0.05) is 0 Å². The molecule has 0 aliphatic carbocycles. The lowest BCUT2D eigenvalue weighted by atomic mass is 9.90. The number of ether oxygens (including phenoxy) is 2. The smallest absolute Gasteiger partial charge is 0.249 e. The number of halogens is 1. The molecule has 8 heteroatoms. The zero-order valence-electron chi connectivity index (χ0n) is 16.9. The third kappa shape index (κ3) is 4.55. The number of benzene rings is 1. The average Bonchev–Trinajstić information content (AvgIpc) is 3.10. The van der Waals surface area contributed by atoms with Gasteiger partial charge >= 0.3 is 0 Å². The van der Waals surface area contributed by atoms with Gasteiger partial charge in [0.05, 0.1) is 24.4 Å². The number of aliphatic hydroxyl groups is 1. The third-order valence-corrected chi connectivity index (χ3v) is 6.39. The van der Waals surface area contributed by atoms with Crippen LogP contribution in [0.5, 0.6) is 0 Å². The van der Waals surface area contributed by atoms with Gasteiger partial charge in [0.25, 0.3) is 0 Å². The number of β-amino-alcohol motifs (C(OH)–C–C–N with tert-alkyl or cyclic N) is 1. The first-order chi connectivity index (χ1) is 14.0. The minimum atomic E-state index is -0.759. The van der Waals surface area contributed by atoms with E-state index in [1.54, 1.807) is 19.2 Å². The van der Waals surface area contributed by atoms with Gasteiger partial charge in [0.2, 0.25) is 5.91 Å². The van der Waals surface area contributed by atoms with E-state index >= 15 is 0 Å². The SMILES string of the molecule is COCCN1C(=O)CO[C@H]2CN(CC3(O)CCN(c4ccc(F)cc4)CC3)C[C@@H]21. The molecule has 160 valence electrons. The highest BCUT2D eigenvalue weighted by atomic mass is 19.1. The molecule has 0 radical (unpaired) electrons. The van der Waals surface area contributed by atoms with E-state index in [2.05, 4.69) is 9.80 Å². The fourth-order valence-corrected chi connectivity index (χ4v) is 4.76. The van der Waals surface area contributed by atoms with Crippen molar-refractivity contribution in [1.82, 2.24) is 9.80 Å². The van der Waals surface area contributed by atoms with E-state index in [0.29, 0.717) is 39.1 Å². The Morgan fingerprint density at radius 2 is 1.97 bits per heavy atom. The quantitative estimate of drug-likeness (QED) is 0.750. The Bertz CT molecular complexity index is 708. The van der Waals surface area contributed by atoms with Gasteiger partial charge in [0.15, 0.2) is 0 Å². The minimum Gasteiger partial charge on any atom is -0.388 e. The summed E-state index contributed by atoms with van der Waals surface area (Å²) in [5.74, 6) is -0.227. The largest absolute Gasteiger partial charge is 0.388 e. The van der Waals surface area contributed by atoms with Crippen LogP contribution < -0.4 is 4.90 Å². The molecule has 3 aliphatic heterocycles. The fraction of sp³-hybridized carbons (Fsp3) is 0.667. The molecule has 0 bridgehead atoms. The number of morpholine rings is 1. The number of hydrogen-bond acceptors (Lipinski definition) is 6. The molecule has 0 aromatic heterocycles. The average molecular weight is 407 g/mol. The summed E-state index contributed by atoms with van der Waals surface area (Å²) in [5, 5.41) is 11.2. The van der Waals surface area contributed by atoms with E-state index < -0.39 is 5.60 Å². The van der Waals surface area contributed by atoms with Gasteiger partial charge in [0.1, 0.15) is 12.4 Å². The molecule has 0 saturated carbocycles. The van der Waals surface area contributed by atoms with Crippen molar-refractivity contribution in [2.75, 3.05) is 64.5 Å². The number of carbonyl (C=O) groups excluding carboxylic acids is 1. The van der Waals surface area contributed by atoms with Crippen LogP contribution in [0.4, 0.5) is 10.1 Å². The summed E-state index contributed by atoms with van der Waals surface area (Å²) in [6.45, 7) is 4.69. The van der Waals surface area contributed by atoms with Crippen LogP contribution in [0.25, 0.3) is 0 Å². The molecule has 1 aromatic rings. The molecule has 1 N–H and O–H groups in total. The van der Waals surface area contributed by atoms with Gasteiger partial charge in [-0.3, -0.25) is 9.69 Å². The molecule has 1 aromatic carbocycles. The van der Waals surface area contributed by atoms with Crippen molar-refractivity contribution in [3.05, 3.63) is 30.1 Å². The molecule has 3 heterocycles. The molecule has 3 saturated heterocycles. The molecule has 0 spiro atoms. The van der Waals surface area contributed by atoms with E-state index in [-0.39, 0.29) is 30.5 Å². The van der Waals surface area contributed by atoms with Crippen LogP contribution in [-0.4, -0.2) is 98.2 Å². The van der Waals surface area contributed by atoms with E-state index in [1.165, 1.54) is 12.1 Å². The van der Waals surface area contributed by atoms with Crippen LogP contribution in [0.3, 0.4) is 0 Å². The number of methoxy groups -OCH3 is 1. The number of hydrogen-bond donors (Lipinski definition) is 1. The number of nitrogens with zero attached hydrogens (tertiary/aromatic N) is 3. The monoisotopic (exact) mass is 407 g/mol. The van der Waals surface area contributed by atoms with Crippen molar-refractivity contribution < 1.29 is 23.8 Å². The molecule has 1 amide bonds. The van der Waals surface area contributed by atoms with Gasteiger partial charge in [-0.15, -0.1) is 0 Å². The predicted octanol–water partition coefficient (Wildman–Crippen LogP) is 0.715. The Hall–Kier alpha value is -1.74. The normalized spacial score (nSPS) is 27.3. The van der Waals surface area contributed by atoms with Crippen LogP contribution in [0.15, 0.2) is 24.3 Å². The third-order valence-electron chi connectivity index (χ3n) is 6.39. The molecule has 4 rings (SSSR count). The number of anilines is 1. The van der Waals surface area contributed by atoms with E-state index in [4.69, 9.17) is 9.47 Å². The standard InChI is InChI=1S/C21H30FN3O4/c1-28-11-10-25-18-12-23(13-19(18)29-14-20(25)26)15-21(27)6-8-24(9-7-21)17-4-2-16(22)3-5-17/h2-5,18-19,27H,6-15H2,1H3/t18-,19-/m0/s1. The number of likely N-dealkylation sites (tertiary alicyclic amines) is 1. The highest BCUT2D eigenvalue weighted by molar-refractivity contribution is 5.78. The zero-order valence-corrected chi connectivity index (χ0v) is 16.9. The molecule has 0 unspecified atom stereocenters. The highest BCUT2D eigenvalue weighted by Gasteiger charge is 2.45.